The third kappa shape index (κ3) is 6.51. The number of aromatic nitrogens is 2. The summed E-state index contributed by atoms with van der Waals surface area (Å²) in [6.07, 6.45) is -27.4. The van der Waals surface area contributed by atoms with Crippen LogP contribution >= 0.6 is 0 Å². The molecule has 0 spiro atoms. The quantitative estimate of drug-likeness (QED) is 0.516. The maximum Gasteiger partial charge on any atom is 0.433 e. The largest absolute Gasteiger partial charge is 0.433 e. The van der Waals surface area contributed by atoms with E-state index in [1.54, 1.807) is 0 Å². The van der Waals surface area contributed by atoms with E-state index in [1.807, 2.05) is 0 Å². The van der Waals surface area contributed by atoms with Crippen LogP contribution in [0.5, 0.6) is 0 Å². The third-order valence-electron chi connectivity index (χ3n) is 4.37. The SMILES string of the molecule is N#CC(C(O)c1cc(C(F)(F)F)nc(C(F)(F)F)c1)C(O)c1cc(C(F)(F)F)nc(C(F)(F)F)c1. The lowest BCUT2D eigenvalue weighted by Crippen LogP contribution is -2.23. The van der Waals surface area contributed by atoms with Crippen molar-refractivity contribution in [1.82, 2.24) is 9.97 Å². The number of halogens is 12. The number of nitrogens with zero attached hydrogens (tertiary/aromatic N) is 3. The Balaban J connectivity index is 2.63. The smallest absolute Gasteiger partial charge is 0.387 e. The minimum absolute atomic E-state index is 0.119. The minimum atomic E-state index is -5.48. The van der Waals surface area contributed by atoms with E-state index >= 15 is 0 Å². The number of alkyl halides is 12. The van der Waals surface area contributed by atoms with Gasteiger partial charge in [-0.1, -0.05) is 0 Å². The lowest BCUT2D eigenvalue weighted by molar-refractivity contribution is -0.151. The van der Waals surface area contributed by atoms with E-state index < -0.39 is 76.7 Å². The third-order valence-corrected chi connectivity index (χ3v) is 4.37. The van der Waals surface area contributed by atoms with Gasteiger partial charge >= 0.3 is 24.7 Å². The molecule has 35 heavy (non-hydrogen) atoms. The summed E-state index contributed by atoms with van der Waals surface area (Å²) >= 11 is 0. The molecular formula is C18H9F12N3O2. The second kappa shape index (κ2) is 9.15. The fourth-order valence-corrected chi connectivity index (χ4v) is 2.75. The molecule has 5 nitrogen and oxygen atoms in total. The van der Waals surface area contributed by atoms with E-state index in [9.17, 15) is 68.2 Å². The van der Waals surface area contributed by atoms with E-state index in [2.05, 4.69) is 9.97 Å². The van der Waals surface area contributed by atoms with E-state index in [1.165, 1.54) is 0 Å². The summed E-state index contributed by atoms with van der Waals surface area (Å²) in [5, 5.41) is 29.7. The summed E-state index contributed by atoms with van der Waals surface area (Å²) < 4.78 is 156. The summed E-state index contributed by atoms with van der Waals surface area (Å²) in [5.74, 6) is -2.52. The topological polar surface area (TPSA) is 90.0 Å². The molecule has 2 rings (SSSR count). The van der Waals surface area contributed by atoms with Gasteiger partial charge in [-0.05, 0) is 35.4 Å². The molecule has 2 N–H and O–H groups in total. The molecule has 192 valence electrons. The number of hydrogen-bond donors (Lipinski definition) is 2. The zero-order valence-corrected chi connectivity index (χ0v) is 16.3. The average Bonchev–Trinajstić information content (AvgIpc) is 2.70. The van der Waals surface area contributed by atoms with Gasteiger partial charge in [-0.15, -0.1) is 0 Å². The standard InChI is InChI=1S/C18H9F12N3O2/c19-15(20,21)9-1-6(2-10(32-9)16(22,23)24)13(34)8(5-31)14(35)7-3-11(17(25,26)27)33-12(4-7)18(28,29)30/h1-4,8,13-14,34-35H. The van der Waals surface area contributed by atoms with Crippen molar-refractivity contribution in [2.75, 3.05) is 0 Å². The Hall–Kier alpha value is -3.13. The first-order valence-electron chi connectivity index (χ1n) is 8.74. The second-order valence-electron chi connectivity index (χ2n) is 6.88. The van der Waals surface area contributed by atoms with E-state index in [0.29, 0.717) is 0 Å². The molecule has 17 heteroatoms. The molecule has 0 aliphatic rings. The zero-order chi connectivity index (χ0) is 27.1. The maximum atomic E-state index is 13.0. The summed E-state index contributed by atoms with van der Waals surface area (Å²) in [7, 11) is 0. The Kier molecular flexibility index (Phi) is 7.35. The normalized spacial score (nSPS) is 15.9. The molecule has 2 aromatic rings. The highest BCUT2D eigenvalue weighted by atomic mass is 19.4. The molecule has 0 saturated carbocycles. The van der Waals surface area contributed by atoms with Crippen molar-refractivity contribution in [3.05, 3.63) is 58.2 Å². The molecular weight excluding hydrogens is 518 g/mol. The molecule has 0 aliphatic heterocycles. The van der Waals surface area contributed by atoms with Gasteiger partial charge in [-0.25, -0.2) is 9.97 Å². The lowest BCUT2D eigenvalue weighted by atomic mass is 9.87. The van der Waals surface area contributed by atoms with E-state index in [4.69, 9.17) is 0 Å². The van der Waals surface area contributed by atoms with Gasteiger partial charge in [0.1, 0.15) is 28.7 Å². The van der Waals surface area contributed by atoms with Crippen LogP contribution in [0.4, 0.5) is 52.7 Å². The van der Waals surface area contributed by atoms with Crippen LogP contribution in [0.25, 0.3) is 0 Å². The van der Waals surface area contributed by atoms with Gasteiger partial charge in [0.15, 0.2) is 0 Å². The molecule has 2 heterocycles. The summed E-state index contributed by atoms with van der Waals surface area (Å²) in [6, 6.07) is 0.589. The molecule has 0 aromatic carbocycles. The van der Waals surface area contributed by atoms with Crippen molar-refractivity contribution in [3.8, 4) is 6.07 Å². The molecule has 0 aliphatic carbocycles. The van der Waals surface area contributed by atoms with Gasteiger partial charge in [0.25, 0.3) is 0 Å². The van der Waals surface area contributed by atoms with Crippen molar-refractivity contribution in [2.24, 2.45) is 5.92 Å². The van der Waals surface area contributed by atoms with Crippen LogP contribution in [-0.4, -0.2) is 20.2 Å². The molecule has 2 atom stereocenters. The molecule has 0 radical (unpaired) electrons. The Morgan fingerprint density at radius 1 is 0.571 bits per heavy atom. The molecule has 0 bridgehead atoms. The molecule has 0 amide bonds. The van der Waals surface area contributed by atoms with E-state index in [0.717, 1.165) is 6.07 Å². The van der Waals surface area contributed by atoms with Crippen molar-refractivity contribution >= 4 is 0 Å². The Bertz CT molecular complexity index is 970. The highest BCUT2D eigenvalue weighted by Gasteiger charge is 2.43. The predicted molar refractivity (Wildman–Crippen MR) is 87.5 cm³/mol. The fraction of sp³-hybridized carbons (Fsp3) is 0.389. The van der Waals surface area contributed by atoms with Crippen molar-refractivity contribution < 1.29 is 62.9 Å². The predicted octanol–water partition coefficient (Wildman–Crippen LogP) is 5.46. The minimum Gasteiger partial charge on any atom is -0.387 e. The molecule has 0 fully saturated rings. The van der Waals surface area contributed by atoms with Crippen LogP contribution in [0.15, 0.2) is 24.3 Å². The first kappa shape index (κ1) is 28.1. The number of hydrogen-bond acceptors (Lipinski definition) is 5. The number of nitriles is 1. The summed E-state index contributed by atoms with van der Waals surface area (Å²) in [6.45, 7) is 0. The van der Waals surface area contributed by atoms with Crippen molar-refractivity contribution in [1.29, 1.82) is 5.26 Å². The Morgan fingerprint density at radius 3 is 0.971 bits per heavy atom. The average molecular weight is 527 g/mol. The van der Waals surface area contributed by atoms with Crippen LogP contribution in [0, 0.1) is 17.2 Å². The highest BCUT2D eigenvalue weighted by Crippen LogP contribution is 2.41. The summed E-state index contributed by atoms with van der Waals surface area (Å²) in [5.41, 5.74) is -11.3. The molecule has 2 unspecified atom stereocenters. The first-order chi connectivity index (χ1) is 15.7. The van der Waals surface area contributed by atoms with Crippen LogP contribution in [0.1, 0.15) is 46.1 Å². The van der Waals surface area contributed by atoms with Gasteiger partial charge < -0.3 is 10.2 Å². The number of aliphatic hydroxyl groups excluding tert-OH is 2. The lowest BCUT2D eigenvalue weighted by Gasteiger charge is -2.24. The van der Waals surface area contributed by atoms with Crippen LogP contribution in [0.2, 0.25) is 0 Å². The van der Waals surface area contributed by atoms with Gasteiger partial charge in [0.2, 0.25) is 0 Å². The van der Waals surface area contributed by atoms with E-state index in [-0.39, 0.29) is 24.3 Å². The van der Waals surface area contributed by atoms with Crippen LogP contribution in [-0.2, 0) is 24.7 Å². The molecule has 2 aromatic heterocycles. The molecule has 0 saturated heterocycles. The number of rotatable bonds is 4. The monoisotopic (exact) mass is 527 g/mol. The first-order valence-corrected chi connectivity index (χ1v) is 8.74. The van der Waals surface area contributed by atoms with Gasteiger partial charge in [0, 0.05) is 0 Å². The number of pyridine rings is 2. The Labute approximate surface area is 186 Å². The van der Waals surface area contributed by atoms with Crippen molar-refractivity contribution in [3.63, 3.8) is 0 Å². The second-order valence-corrected chi connectivity index (χ2v) is 6.88. The summed E-state index contributed by atoms with van der Waals surface area (Å²) in [4.78, 5) is 4.72. The van der Waals surface area contributed by atoms with Gasteiger partial charge in [0.05, 0.1) is 18.3 Å². The number of aliphatic hydroxyl groups is 2. The van der Waals surface area contributed by atoms with Crippen LogP contribution in [0.3, 0.4) is 0 Å². The van der Waals surface area contributed by atoms with Crippen LogP contribution < -0.4 is 0 Å². The van der Waals surface area contributed by atoms with Crippen molar-refractivity contribution in [2.45, 2.75) is 36.9 Å². The van der Waals surface area contributed by atoms with Gasteiger partial charge in [-0.3, -0.25) is 0 Å². The highest BCUT2D eigenvalue weighted by molar-refractivity contribution is 5.32. The fourth-order valence-electron chi connectivity index (χ4n) is 2.75. The zero-order valence-electron chi connectivity index (χ0n) is 16.3. The Morgan fingerprint density at radius 2 is 0.800 bits per heavy atom. The maximum absolute atomic E-state index is 13.0. The van der Waals surface area contributed by atoms with Gasteiger partial charge in [-0.2, -0.15) is 57.9 Å².